The molecule has 0 aliphatic heterocycles. The van der Waals surface area contributed by atoms with Crippen molar-refractivity contribution >= 4 is 0 Å². The second-order valence-corrected chi connectivity index (χ2v) is 5.16. The lowest BCUT2D eigenvalue weighted by atomic mass is 10.1. The summed E-state index contributed by atoms with van der Waals surface area (Å²) < 4.78 is 1.85. The zero-order valence-electron chi connectivity index (χ0n) is 10.8. The van der Waals surface area contributed by atoms with E-state index in [4.69, 9.17) is 0 Å². The van der Waals surface area contributed by atoms with Crippen LogP contribution in [0.1, 0.15) is 29.7 Å². The number of benzene rings is 1. The maximum atomic E-state index is 4.20. The van der Waals surface area contributed by atoms with Crippen molar-refractivity contribution in [2.75, 3.05) is 0 Å². The molecule has 1 saturated carbocycles. The van der Waals surface area contributed by atoms with Crippen molar-refractivity contribution in [3.8, 4) is 5.69 Å². The van der Waals surface area contributed by atoms with Gasteiger partial charge in [-0.15, -0.1) is 5.10 Å². The Morgan fingerprint density at radius 3 is 2.61 bits per heavy atom. The summed E-state index contributed by atoms with van der Waals surface area (Å²) in [6, 6.07) is 7.12. The summed E-state index contributed by atoms with van der Waals surface area (Å²) in [6.07, 6.45) is 4.60. The summed E-state index contributed by atoms with van der Waals surface area (Å²) in [5.74, 6) is 0. The SMILES string of the molecule is Cc1cc(C)cc(-n2cc(CNC3CC3)nn2)c1. The summed E-state index contributed by atoms with van der Waals surface area (Å²) in [6.45, 7) is 5.02. The van der Waals surface area contributed by atoms with Crippen LogP contribution >= 0.6 is 0 Å². The van der Waals surface area contributed by atoms with Gasteiger partial charge in [-0.25, -0.2) is 4.68 Å². The minimum atomic E-state index is 0.705. The standard InChI is InChI=1S/C14H18N4/c1-10-5-11(2)7-14(6-10)18-9-13(16-17-18)8-15-12-3-4-12/h5-7,9,12,15H,3-4,8H2,1-2H3. The van der Waals surface area contributed by atoms with Crippen molar-refractivity contribution in [1.82, 2.24) is 20.3 Å². The minimum Gasteiger partial charge on any atom is -0.308 e. The fraction of sp³-hybridized carbons (Fsp3) is 0.429. The zero-order chi connectivity index (χ0) is 12.5. The molecule has 2 aromatic rings. The monoisotopic (exact) mass is 242 g/mol. The van der Waals surface area contributed by atoms with E-state index in [1.807, 2.05) is 10.9 Å². The Bertz CT molecular complexity index is 534. The third kappa shape index (κ3) is 2.59. The maximum absolute atomic E-state index is 4.20. The molecule has 1 aromatic heterocycles. The van der Waals surface area contributed by atoms with E-state index in [0.29, 0.717) is 6.04 Å². The number of aryl methyl sites for hydroxylation is 2. The molecule has 0 atom stereocenters. The number of nitrogens with one attached hydrogen (secondary N) is 1. The molecule has 0 saturated heterocycles. The minimum absolute atomic E-state index is 0.705. The largest absolute Gasteiger partial charge is 0.308 e. The second kappa shape index (κ2) is 4.53. The van der Waals surface area contributed by atoms with Crippen LogP contribution in [0.3, 0.4) is 0 Å². The third-order valence-electron chi connectivity index (χ3n) is 3.16. The normalized spacial score (nSPS) is 15.0. The lowest BCUT2D eigenvalue weighted by molar-refractivity contribution is 0.671. The van der Waals surface area contributed by atoms with Crippen molar-refractivity contribution in [3.63, 3.8) is 0 Å². The second-order valence-electron chi connectivity index (χ2n) is 5.16. The van der Waals surface area contributed by atoms with Gasteiger partial charge in [0, 0.05) is 12.6 Å². The molecule has 0 bridgehead atoms. The molecule has 0 amide bonds. The molecule has 1 aliphatic carbocycles. The Morgan fingerprint density at radius 2 is 1.94 bits per heavy atom. The van der Waals surface area contributed by atoms with Gasteiger partial charge in [0.1, 0.15) is 0 Å². The van der Waals surface area contributed by atoms with Crippen LogP contribution in [0.15, 0.2) is 24.4 Å². The number of aromatic nitrogens is 3. The highest BCUT2D eigenvalue weighted by molar-refractivity contribution is 5.38. The Labute approximate surface area is 107 Å². The van der Waals surface area contributed by atoms with Crippen LogP contribution < -0.4 is 5.32 Å². The first-order valence-electron chi connectivity index (χ1n) is 6.44. The number of hydrogen-bond acceptors (Lipinski definition) is 3. The van der Waals surface area contributed by atoms with Gasteiger partial charge in [-0.05, 0) is 49.9 Å². The van der Waals surface area contributed by atoms with Crippen LogP contribution in [0.5, 0.6) is 0 Å². The van der Waals surface area contributed by atoms with E-state index < -0.39 is 0 Å². The summed E-state index contributed by atoms with van der Waals surface area (Å²) in [5, 5.41) is 11.8. The molecular formula is C14H18N4. The van der Waals surface area contributed by atoms with Gasteiger partial charge in [-0.1, -0.05) is 11.3 Å². The van der Waals surface area contributed by atoms with Crippen LogP contribution in [0.4, 0.5) is 0 Å². The quantitative estimate of drug-likeness (QED) is 0.893. The molecule has 94 valence electrons. The molecule has 3 rings (SSSR count). The van der Waals surface area contributed by atoms with Gasteiger partial charge in [-0.3, -0.25) is 0 Å². The Balaban J connectivity index is 1.78. The molecule has 18 heavy (non-hydrogen) atoms. The van der Waals surface area contributed by atoms with Crippen molar-refractivity contribution in [2.24, 2.45) is 0 Å². The number of rotatable bonds is 4. The van der Waals surface area contributed by atoms with Crippen molar-refractivity contribution in [3.05, 3.63) is 41.2 Å². The smallest absolute Gasteiger partial charge is 0.0969 e. The fourth-order valence-electron chi connectivity index (χ4n) is 2.12. The van der Waals surface area contributed by atoms with Crippen molar-refractivity contribution in [1.29, 1.82) is 0 Å². The van der Waals surface area contributed by atoms with Crippen LogP contribution in [-0.2, 0) is 6.54 Å². The molecule has 4 heteroatoms. The molecule has 1 fully saturated rings. The fourth-order valence-corrected chi connectivity index (χ4v) is 2.12. The summed E-state index contributed by atoms with van der Waals surface area (Å²) in [5.41, 5.74) is 4.58. The van der Waals surface area contributed by atoms with Gasteiger partial charge < -0.3 is 5.32 Å². The Kier molecular flexibility index (Phi) is 2.88. The average Bonchev–Trinajstić information content (AvgIpc) is 3.02. The first kappa shape index (κ1) is 11.4. The Morgan fingerprint density at radius 1 is 1.22 bits per heavy atom. The van der Waals surface area contributed by atoms with E-state index in [-0.39, 0.29) is 0 Å². The maximum Gasteiger partial charge on any atom is 0.0969 e. The Hall–Kier alpha value is -1.68. The van der Waals surface area contributed by atoms with E-state index in [1.165, 1.54) is 24.0 Å². The number of hydrogen-bond donors (Lipinski definition) is 1. The molecule has 0 radical (unpaired) electrons. The first-order valence-corrected chi connectivity index (χ1v) is 6.44. The van der Waals surface area contributed by atoms with Gasteiger partial charge in [0.05, 0.1) is 17.6 Å². The highest BCUT2D eigenvalue weighted by atomic mass is 15.4. The molecule has 1 heterocycles. The van der Waals surface area contributed by atoms with Gasteiger partial charge >= 0.3 is 0 Å². The average molecular weight is 242 g/mol. The molecule has 0 unspecified atom stereocenters. The predicted molar refractivity (Wildman–Crippen MR) is 70.7 cm³/mol. The van der Waals surface area contributed by atoms with Crippen LogP contribution in [-0.4, -0.2) is 21.0 Å². The van der Waals surface area contributed by atoms with Crippen molar-refractivity contribution < 1.29 is 0 Å². The molecule has 4 nitrogen and oxygen atoms in total. The van der Waals surface area contributed by atoms with E-state index in [1.54, 1.807) is 0 Å². The summed E-state index contributed by atoms with van der Waals surface area (Å²) >= 11 is 0. The third-order valence-corrected chi connectivity index (χ3v) is 3.16. The van der Waals surface area contributed by atoms with Crippen LogP contribution in [0.2, 0.25) is 0 Å². The lowest BCUT2D eigenvalue weighted by Gasteiger charge is -2.03. The van der Waals surface area contributed by atoms with Crippen LogP contribution in [0, 0.1) is 13.8 Å². The first-order chi connectivity index (χ1) is 8.70. The zero-order valence-corrected chi connectivity index (χ0v) is 10.8. The molecule has 1 aliphatic rings. The van der Waals surface area contributed by atoms with Gasteiger partial charge in [0.2, 0.25) is 0 Å². The van der Waals surface area contributed by atoms with Gasteiger partial charge in [0.25, 0.3) is 0 Å². The molecule has 1 aromatic carbocycles. The van der Waals surface area contributed by atoms with Gasteiger partial charge in [0.15, 0.2) is 0 Å². The van der Waals surface area contributed by atoms with E-state index in [9.17, 15) is 0 Å². The molecule has 0 spiro atoms. The summed E-state index contributed by atoms with van der Waals surface area (Å²) in [7, 11) is 0. The predicted octanol–water partition coefficient (Wildman–Crippen LogP) is 2.14. The van der Waals surface area contributed by atoms with Crippen molar-refractivity contribution in [2.45, 2.75) is 39.3 Å². The summed E-state index contributed by atoms with van der Waals surface area (Å²) in [4.78, 5) is 0. The van der Waals surface area contributed by atoms with E-state index >= 15 is 0 Å². The van der Waals surface area contributed by atoms with Gasteiger partial charge in [-0.2, -0.15) is 0 Å². The molecule has 1 N–H and O–H groups in total. The highest BCUT2D eigenvalue weighted by Crippen LogP contribution is 2.19. The van der Waals surface area contributed by atoms with E-state index in [0.717, 1.165) is 17.9 Å². The molecular weight excluding hydrogens is 224 g/mol. The van der Waals surface area contributed by atoms with Crippen LogP contribution in [0.25, 0.3) is 5.69 Å². The van der Waals surface area contributed by atoms with E-state index in [2.05, 4.69) is 47.7 Å². The number of nitrogens with zero attached hydrogens (tertiary/aromatic N) is 3. The highest BCUT2D eigenvalue weighted by Gasteiger charge is 2.20. The lowest BCUT2D eigenvalue weighted by Crippen LogP contribution is -2.15. The topological polar surface area (TPSA) is 42.7 Å².